The second kappa shape index (κ2) is 10.6. The number of amides is 1. The number of benzene rings is 2. The Hall–Kier alpha value is -3.98. The fourth-order valence-corrected chi connectivity index (χ4v) is 4.19. The van der Waals surface area contributed by atoms with Crippen LogP contribution >= 0.6 is 0 Å². The number of fused-ring (bicyclic) bond motifs is 1. The molecule has 9 heteroatoms. The monoisotopic (exact) mass is 508 g/mol. The highest BCUT2D eigenvalue weighted by Gasteiger charge is 2.30. The number of hydrogen-bond donors (Lipinski definition) is 2. The molecule has 0 radical (unpaired) electrons. The summed E-state index contributed by atoms with van der Waals surface area (Å²) in [6.07, 6.45) is -0.118. The average Bonchev–Trinajstić information content (AvgIpc) is 2.87. The predicted octanol–water partition coefficient (Wildman–Crippen LogP) is 5.46. The van der Waals surface area contributed by atoms with Crippen molar-refractivity contribution in [3.8, 4) is 11.1 Å². The SMILES string of the molecule is Cc1ccc(NC(=O)c2ccc(C(F)(F)F)cc2)cc1-c1cc2cnc(CCCCN)cc2n(C)c1=O. The molecule has 0 aliphatic rings. The molecule has 2 aromatic carbocycles. The number of carbonyl (C=O) groups excluding carboxylic acids is 1. The minimum absolute atomic E-state index is 0.0880. The number of aromatic nitrogens is 2. The summed E-state index contributed by atoms with van der Waals surface area (Å²) in [6.45, 7) is 2.48. The van der Waals surface area contributed by atoms with Crippen LogP contribution in [0.15, 0.2) is 65.6 Å². The third-order valence-electron chi connectivity index (χ3n) is 6.31. The van der Waals surface area contributed by atoms with Gasteiger partial charge in [0.2, 0.25) is 0 Å². The van der Waals surface area contributed by atoms with Crippen LogP contribution in [0.25, 0.3) is 22.0 Å². The maximum absolute atomic E-state index is 13.3. The van der Waals surface area contributed by atoms with Gasteiger partial charge >= 0.3 is 6.18 Å². The molecule has 0 bridgehead atoms. The zero-order chi connectivity index (χ0) is 26.7. The molecule has 6 nitrogen and oxygen atoms in total. The van der Waals surface area contributed by atoms with Crippen molar-refractivity contribution in [2.24, 2.45) is 12.8 Å². The van der Waals surface area contributed by atoms with E-state index in [1.165, 1.54) is 0 Å². The molecule has 4 rings (SSSR count). The summed E-state index contributed by atoms with van der Waals surface area (Å²) in [6, 6.07) is 12.9. The number of carbonyl (C=O) groups is 1. The third-order valence-corrected chi connectivity index (χ3v) is 6.31. The van der Waals surface area contributed by atoms with E-state index in [0.29, 0.717) is 23.4 Å². The summed E-state index contributed by atoms with van der Waals surface area (Å²) in [5.74, 6) is -0.554. The number of nitrogens with zero attached hydrogens (tertiary/aromatic N) is 2. The van der Waals surface area contributed by atoms with Crippen LogP contribution in [0.1, 0.15) is 40.0 Å². The van der Waals surface area contributed by atoms with Gasteiger partial charge in [0.15, 0.2) is 0 Å². The lowest BCUT2D eigenvalue weighted by molar-refractivity contribution is -0.137. The van der Waals surface area contributed by atoms with E-state index in [9.17, 15) is 22.8 Å². The number of anilines is 1. The molecule has 0 aliphatic carbocycles. The number of aryl methyl sites for hydroxylation is 3. The van der Waals surface area contributed by atoms with Crippen LogP contribution in [-0.4, -0.2) is 22.0 Å². The predicted molar refractivity (Wildman–Crippen MR) is 139 cm³/mol. The van der Waals surface area contributed by atoms with E-state index in [1.807, 2.05) is 13.0 Å². The van der Waals surface area contributed by atoms with Crippen LogP contribution in [0.3, 0.4) is 0 Å². The van der Waals surface area contributed by atoms with Crippen molar-refractivity contribution >= 4 is 22.5 Å². The summed E-state index contributed by atoms with van der Waals surface area (Å²) in [5.41, 5.74) is 8.65. The van der Waals surface area contributed by atoms with Gasteiger partial charge < -0.3 is 15.6 Å². The first kappa shape index (κ1) is 26.1. The standard InChI is InChI=1S/C28H27F3N4O2/c1-17-6-11-22(34-26(36)18-7-9-20(10-8-18)28(29,30)31)14-23(17)24-13-19-16-33-21(5-3-4-12-32)15-25(19)35(2)27(24)37/h6-11,13-16H,3-5,12,32H2,1-2H3,(H,34,36). The van der Waals surface area contributed by atoms with E-state index in [4.69, 9.17) is 5.73 Å². The van der Waals surface area contributed by atoms with Gasteiger partial charge in [-0.2, -0.15) is 13.2 Å². The second-order valence-electron chi connectivity index (χ2n) is 8.96. The number of unbranched alkanes of at least 4 members (excludes halogenated alkanes) is 1. The van der Waals surface area contributed by atoms with E-state index in [0.717, 1.165) is 65.7 Å². The van der Waals surface area contributed by atoms with E-state index in [-0.39, 0.29) is 11.1 Å². The van der Waals surface area contributed by atoms with E-state index >= 15 is 0 Å². The van der Waals surface area contributed by atoms with Gasteiger partial charge in [0.25, 0.3) is 11.5 Å². The third kappa shape index (κ3) is 5.72. The van der Waals surface area contributed by atoms with Crippen molar-refractivity contribution < 1.29 is 18.0 Å². The van der Waals surface area contributed by atoms with Crippen molar-refractivity contribution in [3.05, 3.63) is 93.5 Å². The first-order chi connectivity index (χ1) is 17.6. The zero-order valence-electron chi connectivity index (χ0n) is 20.5. The minimum Gasteiger partial charge on any atom is -0.330 e. The number of alkyl halides is 3. The van der Waals surface area contributed by atoms with Gasteiger partial charge in [-0.1, -0.05) is 6.07 Å². The molecule has 192 valence electrons. The van der Waals surface area contributed by atoms with Crippen LogP contribution in [0, 0.1) is 6.92 Å². The summed E-state index contributed by atoms with van der Waals surface area (Å²) >= 11 is 0. The lowest BCUT2D eigenvalue weighted by Gasteiger charge is -2.14. The Morgan fingerprint density at radius 3 is 2.43 bits per heavy atom. The highest BCUT2D eigenvalue weighted by molar-refractivity contribution is 6.04. The molecule has 0 saturated heterocycles. The number of nitrogens with two attached hydrogens (primary N) is 1. The molecule has 3 N–H and O–H groups in total. The molecule has 0 aliphatic heterocycles. The Bertz CT molecular complexity index is 1510. The first-order valence-corrected chi connectivity index (χ1v) is 11.9. The maximum atomic E-state index is 13.3. The summed E-state index contributed by atoms with van der Waals surface area (Å²) < 4.78 is 40.0. The fourth-order valence-electron chi connectivity index (χ4n) is 4.19. The van der Waals surface area contributed by atoms with Crippen LogP contribution < -0.4 is 16.6 Å². The summed E-state index contributed by atoms with van der Waals surface area (Å²) in [7, 11) is 1.71. The van der Waals surface area contributed by atoms with Gasteiger partial charge in [0.1, 0.15) is 0 Å². The summed E-state index contributed by atoms with van der Waals surface area (Å²) in [4.78, 5) is 30.5. The molecule has 37 heavy (non-hydrogen) atoms. The van der Waals surface area contributed by atoms with Gasteiger partial charge in [-0.15, -0.1) is 0 Å². The molecule has 4 aromatic rings. The second-order valence-corrected chi connectivity index (χ2v) is 8.96. The summed E-state index contributed by atoms with van der Waals surface area (Å²) in [5, 5.41) is 3.51. The average molecular weight is 509 g/mol. The lowest BCUT2D eigenvalue weighted by atomic mass is 9.99. The Balaban J connectivity index is 1.64. The maximum Gasteiger partial charge on any atom is 0.416 e. The number of nitrogens with one attached hydrogen (secondary N) is 1. The van der Waals surface area contributed by atoms with Gasteiger partial charge in [0.05, 0.1) is 11.1 Å². The Labute approximate surface area is 212 Å². The van der Waals surface area contributed by atoms with E-state index in [2.05, 4.69) is 10.3 Å². The van der Waals surface area contributed by atoms with E-state index < -0.39 is 17.6 Å². The van der Waals surface area contributed by atoms with Crippen molar-refractivity contribution in [1.82, 2.24) is 9.55 Å². The normalized spacial score (nSPS) is 11.6. The molecule has 2 aromatic heterocycles. The van der Waals surface area contributed by atoms with Crippen molar-refractivity contribution in [2.75, 3.05) is 11.9 Å². The molecule has 0 spiro atoms. The molecule has 0 unspecified atom stereocenters. The lowest BCUT2D eigenvalue weighted by Crippen LogP contribution is -2.20. The van der Waals surface area contributed by atoms with Gasteiger partial charge in [-0.25, -0.2) is 0 Å². The van der Waals surface area contributed by atoms with Crippen LogP contribution in [0.4, 0.5) is 18.9 Å². The topological polar surface area (TPSA) is 90.0 Å². The molecule has 0 fully saturated rings. The fraction of sp³-hybridized carbons (Fsp3) is 0.250. The molecule has 0 saturated carbocycles. The molecule has 2 heterocycles. The number of pyridine rings is 2. The first-order valence-electron chi connectivity index (χ1n) is 11.9. The Kier molecular flexibility index (Phi) is 7.45. The largest absolute Gasteiger partial charge is 0.416 e. The zero-order valence-corrected chi connectivity index (χ0v) is 20.5. The van der Waals surface area contributed by atoms with Crippen LogP contribution in [-0.2, 0) is 19.6 Å². The molecule has 1 amide bonds. The number of halogens is 3. The molecular formula is C28H27F3N4O2. The van der Waals surface area contributed by atoms with Gasteiger partial charge in [0, 0.05) is 41.1 Å². The van der Waals surface area contributed by atoms with Crippen LogP contribution in [0.2, 0.25) is 0 Å². The molecule has 0 atom stereocenters. The minimum atomic E-state index is -4.48. The van der Waals surface area contributed by atoms with Crippen molar-refractivity contribution in [3.63, 3.8) is 0 Å². The van der Waals surface area contributed by atoms with Crippen LogP contribution in [0.5, 0.6) is 0 Å². The molecular weight excluding hydrogens is 481 g/mol. The van der Waals surface area contributed by atoms with E-state index in [1.54, 1.807) is 42.1 Å². The number of hydrogen-bond acceptors (Lipinski definition) is 4. The highest BCUT2D eigenvalue weighted by atomic mass is 19.4. The smallest absolute Gasteiger partial charge is 0.330 e. The van der Waals surface area contributed by atoms with Gasteiger partial charge in [-0.3, -0.25) is 14.6 Å². The quantitative estimate of drug-likeness (QED) is 0.325. The Morgan fingerprint density at radius 1 is 1.03 bits per heavy atom. The van der Waals surface area contributed by atoms with Crippen molar-refractivity contribution in [2.45, 2.75) is 32.4 Å². The highest BCUT2D eigenvalue weighted by Crippen LogP contribution is 2.30. The van der Waals surface area contributed by atoms with Crippen molar-refractivity contribution in [1.29, 1.82) is 0 Å². The van der Waals surface area contributed by atoms with Gasteiger partial charge in [-0.05, 0) is 92.4 Å². The Morgan fingerprint density at radius 2 is 1.76 bits per heavy atom. The number of rotatable bonds is 7.